The van der Waals surface area contributed by atoms with Gasteiger partial charge in [0.1, 0.15) is 0 Å². The summed E-state index contributed by atoms with van der Waals surface area (Å²) in [7, 11) is 0. The van der Waals surface area contributed by atoms with Gasteiger partial charge in [-0.1, -0.05) is 13.0 Å². The van der Waals surface area contributed by atoms with Crippen LogP contribution in [0.2, 0.25) is 0 Å². The first-order valence-electron chi connectivity index (χ1n) is 3.07. The van der Waals surface area contributed by atoms with Gasteiger partial charge in [0, 0.05) is 6.42 Å². The highest BCUT2D eigenvalue weighted by Gasteiger charge is 2.11. The Morgan fingerprint density at radius 3 is 2.75 bits per heavy atom. The van der Waals surface area contributed by atoms with E-state index >= 15 is 0 Å². The molecule has 1 aliphatic carbocycles. The van der Waals surface area contributed by atoms with Crippen molar-refractivity contribution in [3.8, 4) is 0 Å². The summed E-state index contributed by atoms with van der Waals surface area (Å²) in [6.07, 6.45) is 4.69. The van der Waals surface area contributed by atoms with Gasteiger partial charge in [-0.15, -0.1) is 0 Å². The Bertz CT molecular complexity index is 133. The van der Waals surface area contributed by atoms with Crippen molar-refractivity contribution in [2.24, 2.45) is 0 Å². The van der Waals surface area contributed by atoms with E-state index in [2.05, 4.69) is 0 Å². The number of hydrogen-bond acceptors (Lipinski definition) is 1. The van der Waals surface area contributed by atoms with Crippen LogP contribution in [0.4, 0.5) is 0 Å². The summed E-state index contributed by atoms with van der Waals surface area (Å²) in [6, 6.07) is 0. The lowest BCUT2D eigenvalue weighted by Gasteiger charge is -1.88. The third-order valence-corrected chi connectivity index (χ3v) is 1.50. The molecule has 1 heteroatoms. The van der Waals surface area contributed by atoms with Gasteiger partial charge in [0.05, 0.1) is 0 Å². The summed E-state index contributed by atoms with van der Waals surface area (Å²) < 4.78 is 0. The van der Waals surface area contributed by atoms with Crippen LogP contribution in [0.25, 0.3) is 0 Å². The molecule has 0 saturated carbocycles. The Labute approximate surface area is 49.4 Å². The fourth-order valence-corrected chi connectivity index (χ4v) is 0.993. The first kappa shape index (κ1) is 5.54. The SMILES string of the molecule is CCC1=CCCC1=O. The van der Waals surface area contributed by atoms with Crippen molar-refractivity contribution in [2.45, 2.75) is 26.2 Å². The van der Waals surface area contributed by atoms with Crippen LogP contribution in [0, 0.1) is 0 Å². The number of allylic oxidation sites excluding steroid dienone is 2. The number of carbonyl (C=O) groups excluding carboxylic acids is 1. The number of Topliss-reactive ketones (excluding diaryl/α,β-unsaturated/α-hetero) is 1. The second-order valence-corrected chi connectivity index (χ2v) is 2.04. The molecule has 0 spiro atoms. The molecule has 44 valence electrons. The van der Waals surface area contributed by atoms with Crippen molar-refractivity contribution < 1.29 is 4.79 Å². The van der Waals surface area contributed by atoms with E-state index in [1.54, 1.807) is 0 Å². The lowest BCUT2D eigenvalue weighted by atomic mass is 10.2. The quantitative estimate of drug-likeness (QED) is 0.502. The van der Waals surface area contributed by atoms with E-state index in [0.717, 1.165) is 24.8 Å². The third kappa shape index (κ3) is 0.808. The first-order valence-corrected chi connectivity index (χ1v) is 3.07. The van der Waals surface area contributed by atoms with Gasteiger partial charge in [0.2, 0.25) is 0 Å². The van der Waals surface area contributed by atoms with Gasteiger partial charge in [-0.2, -0.15) is 0 Å². The molecular weight excluding hydrogens is 100 g/mol. The number of rotatable bonds is 1. The first-order chi connectivity index (χ1) is 3.84. The van der Waals surface area contributed by atoms with Crippen LogP contribution in [0.15, 0.2) is 11.6 Å². The van der Waals surface area contributed by atoms with Crippen molar-refractivity contribution in [3.05, 3.63) is 11.6 Å². The molecule has 8 heavy (non-hydrogen) atoms. The van der Waals surface area contributed by atoms with E-state index < -0.39 is 0 Å². The molecule has 0 atom stereocenters. The molecule has 0 amide bonds. The van der Waals surface area contributed by atoms with E-state index in [0.29, 0.717) is 5.78 Å². The van der Waals surface area contributed by atoms with Crippen molar-refractivity contribution in [3.63, 3.8) is 0 Å². The summed E-state index contributed by atoms with van der Waals surface area (Å²) in [4.78, 5) is 10.7. The largest absolute Gasteiger partial charge is 0.295 e. The predicted octanol–water partition coefficient (Wildman–Crippen LogP) is 1.69. The van der Waals surface area contributed by atoms with Crippen LogP contribution in [0.3, 0.4) is 0 Å². The average molecular weight is 110 g/mol. The predicted molar refractivity (Wildman–Crippen MR) is 32.6 cm³/mol. The molecule has 0 radical (unpaired) electrons. The van der Waals surface area contributed by atoms with E-state index in [-0.39, 0.29) is 0 Å². The maximum Gasteiger partial charge on any atom is 0.158 e. The van der Waals surface area contributed by atoms with Gasteiger partial charge in [0.25, 0.3) is 0 Å². The third-order valence-electron chi connectivity index (χ3n) is 1.50. The highest BCUT2D eigenvalue weighted by atomic mass is 16.1. The maximum absolute atomic E-state index is 10.7. The van der Waals surface area contributed by atoms with Gasteiger partial charge < -0.3 is 0 Å². The summed E-state index contributed by atoms with van der Waals surface area (Å²) >= 11 is 0. The van der Waals surface area contributed by atoms with Gasteiger partial charge in [-0.3, -0.25) is 4.79 Å². The zero-order valence-corrected chi connectivity index (χ0v) is 5.11. The minimum absolute atomic E-state index is 0.354. The van der Waals surface area contributed by atoms with Crippen LogP contribution >= 0.6 is 0 Å². The second kappa shape index (κ2) is 2.12. The van der Waals surface area contributed by atoms with Crippen LogP contribution in [-0.4, -0.2) is 5.78 Å². The standard InChI is InChI=1S/C7H10O/c1-2-6-4-3-5-7(6)8/h4H,2-3,5H2,1H3. The molecule has 0 aromatic heterocycles. The Hall–Kier alpha value is -0.590. The van der Waals surface area contributed by atoms with Crippen molar-refractivity contribution in [1.29, 1.82) is 0 Å². The van der Waals surface area contributed by atoms with E-state index in [1.807, 2.05) is 13.0 Å². The van der Waals surface area contributed by atoms with Gasteiger partial charge in [-0.05, 0) is 18.4 Å². The molecule has 0 aromatic carbocycles. The van der Waals surface area contributed by atoms with Crippen LogP contribution in [0.5, 0.6) is 0 Å². The fraction of sp³-hybridized carbons (Fsp3) is 0.571. The molecular formula is C7H10O. The van der Waals surface area contributed by atoms with Gasteiger partial charge in [0.15, 0.2) is 5.78 Å². The summed E-state index contributed by atoms with van der Waals surface area (Å²) in [5.74, 6) is 0.354. The van der Waals surface area contributed by atoms with Gasteiger partial charge >= 0.3 is 0 Å². The number of ketones is 1. The van der Waals surface area contributed by atoms with Crippen molar-refractivity contribution in [1.82, 2.24) is 0 Å². The molecule has 1 rings (SSSR count). The lowest BCUT2D eigenvalue weighted by molar-refractivity contribution is -0.115. The Morgan fingerprint density at radius 2 is 2.50 bits per heavy atom. The van der Waals surface area contributed by atoms with Crippen molar-refractivity contribution in [2.75, 3.05) is 0 Å². The van der Waals surface area contributed by atoms with Crippen LogP contribution in [-0.2, 0) is 4.79 Å². The fourth-order valence-electron chi connectivity index (χ4n) is 0.993. The normalized spacial score (nSPS) is 19.1. The topological polar surface area (TPSA) is 17.1 Å². The Balaban J connectivity index is 2.62. The van der Waals surface area contributed by atoms with E-state index in [9.17, 15) is 4.79 Å². The zero-order chi connectivity index (χ0) is 5.98. The molecule has 0 unspecified atom stereocenters. The smallest absolute Gasteiger partial charge is 0.158 e. The van der Waals surface area contributed by atoms with Gasteiger partial charge in [-0.25, -0.2) is 0 Å². The molecule has 1 nitrogen and oxygen atoms in total. The molecule has 0 aliphatic heterocycles. The zero-order valence-electron chi connectivity index (χ0n) is 5.11. The Morgan fingerprint density at radius 1 is 1.75 bits per heavy atom. The highest BCUT2D eigenvalue weighted by Crippen LogP contribution is 2.15. The number of carbonyl (C=O) groups is 1. The number of hydrogen-bond donors (Lipinski definition) is 0. The molecule has 0 bridgehead atoms. The average Bonchev–Trinajstić information content (AvgIpc) is 2.14. The highest BCUT2D eigenvalue weighted by molar-refractivity contribution is 5.97. The minimum Gasteiger partial charge on any atom is -0.295 e. The van der Waals surface area contributed by atoms with Crippen LogP contribution in [0.1, 0.15) is 26.2 Å². The molecule has 1 aliphatic rings. The summed E-state index contributed by atoms with van der Waals surface area (Å²) in [6.45, 7) is 2.02. The monoisotopic (exact) mass is 110 g/mol. The van der Waals surface area contributed by atoms with E-state index in [1.165, 1.54) is 0 Å². The molecule has 0 aromatic rings. The molecule has 0 heterocycles. The van der Waals surface area contributed by atoms with E-state index in [4.69, 9.17) is 0 Å². The minimum atomic E-state index is 0.354. The second-order valence-electron chi connectivity index (χ2n) is 2.04. The maximum atomic E-state index is 10.7. The lowest BCUT2D eigenvalue weighted by Crippen LogP contribution is -1.92. The molecule has 0 fully saturated rings. The molecule has 0 saturated heterocycles. The van der Waals surface area contributed by atoms with Crippen molar-refractivity contribution >= 4 is 5.78 Å². The molecule has 0 N–H and O–H groups in total. The van der Waals surface area contributed by atoms with Crippen LogP contribution < -0.4 is 0 Å². The summed E-state index contributed by atoms with van der Waals surface area (Å²) in [5.41, 5.74) is 1.03. The Kier molecular flexibility index (Phi) is 1.47. The summed E-state index contributed by atoms with van der Waals surface area (Å²) in [5, 5.41) is 0.